The van der Waals surface area contributed by atoms with E-state index in [1.165, 1.54) is 6.26 Å². The number of amides is 1. The highest BCUT2D eigenvalue weighted by Crippen LogP contribution is 2.26. The van der Waals surface area contributed by atoms with E-state index in [1.807, 2.05) is 18.2 Å². The van der Waals surface area contributed by atoms with Gasteiger partial charge in [-0.2, -0.15) is 0 Å². The second-order valence-corrected chi connectivity index (χ2v) is 5.46. The quantitative estimate of drug-likeness (QED) is 0.796. The van der Waals surface area contributed by atoms with Crippen molar-refractivity contribution in [2.45, 2.75) is 0 Å². The first-order chi connectivity index (χ1) is 11.8. The summed E-state index contributed by atoms with van der Waals surface area (Å²) >= 11 is 0. The molecule has 0 saturated carbocycles. The zero-order valence-corrected chi connectivity index (χ0v) is 12.9. The van der Waals surface area contributed by atoms with Crippen LogP contribution < -0.4 is 10.2 Å². The fourth-order valence-electron chi connectivity index (χ4n) is 2.75. The van der Waals surface area contributed by atoms with Crippen molar-refractivity contribution < 1.29 is 13.9 Å². The third-order valence-electron chi connectivity index (χ3n) is 3.93. The molecule has 3 heterocycles. The molecule has 1 fully saturated rings. The molecule has 1 aliphatic rings. The van der Waals surface area contributed by atoms with Gasteiger partial charge in [0, 0.05) is 24.2 Å². The Balaban J connectivity index is 1.63. The Hall–Kier alpha value is -2.93. The number of anilines is 2. The summed E-state index contributed by atoms with van der Waals surface area (Å²) in [7, 11) is 0. The molecule has 0 aliphatic carbocycles. The van der Waals surface area contributed by atoms with Crippen LogP contribution in [0.25, 0.3) is 10.9 Å². The number of aromatic nitrogens is 2. The number of benzene rings is 1. The second kappa shape index (κ2) is 6.29. The minimum Gasteiger partial charge on any atom is -0.459 e. The Bertz CT molecular complexity index is 857. The number of carbonyl (C=O) groups is 1. The van der Waals surface area contributed by atoms with Crippen LogP contribution in [-0.2, 0) is 4.74 Å². The molecule has 1 aliphatic heterocycles. The summed E-state index contributed by atoms with van der Waals surface area (Å²) < 4.78 is 10.5. The highest BCUT2D eigenvalue weighted by atomic mass is 16.5. The van der Waals surface area contributed by atoms with E-state index in [2.05, 4.69) is 20.2 Å². The van der Waals surface area contributed by atoms with Gasteiger partial charge in [0.25, 0.3) is 5.91 Å². The predicted octanol–water partition coefficient (Wildman–Crippen LogP) is 2.31. The molecular weight excluding hydrogens is 308 g/mol. The van der Waals surface area contributed by atoms with E-state index in [-0.39, 0.29) is 11.7 Å². The van der Waals surface area contributed by atoms with Crippen LogP contribution in [0.1, 0.15) is 10.6 Å². The molecule has 0 bridgehead atoms. The first-order valence-electron chi connectivity index (χ1n) is 7.73. The first-order valence-corrected chi connectivity index (χ1v) is 7.73. The third-order valence-corrected chi connectivity index (χ3v) is 3.93. The summed E-state index contributed by atoms with van der Waals surface area (Å²) in [5.74, 6) is 0.876. The standard InChI is InChI=1S/C17H16N4O3/c22-17(15-2-1-7-24-15)20-12-3-4-13-14(10-12)18-11-19-16(13)21-5-8-23-9-6-21/h1-4,7,10-11H,5-6,8-9H2,(H,20,22). The molecule has 0 spiro atoms. The van der Waals surface area contributed by atoms with Gasteiger partial charge in [0.05, 0.1) is 25.0 Å². The molecule has 7 heteroatoms. The Morgan fingerprint density at radius 3 is 2.83 bits per heavy atom. The molecule has 0 atom stereocenters. The van der Waals surface area contributed by atoms with Gasteiger partial charge in [-0.1, -0.05) is 0 Å². The molecular formula is C17H16N4O3. The van der Waals surface area contributed by atoms with Crippen LogP contribution >= 0.6 is 0 Å². The Morgan fingerprint density at radius 2 is 2.04 bits per heavy atom. The summed E-state index contributed by atoms with van der Waals surface area (Å²) in [5, 5.41) is 3.76. The second-order valence-electron chi connectivity index (χ2n) is 5.46. The van der Waals surface area contributed by atoms with Gasteiger partial charge in [-0.15, -0.1) is 0 Å². The summed E-state index contributed by atoms with van der Waals surface area (Å²) in [6.45, 7) is 3.01. The number of furan rings is 1. The van der Waals surface area contributed by atoms with Crippen LogP contribution in [0.2, 0.25) is 0 Å². The van der Waals surface area contributed by atoms with Gasteiger partial charge >= 0.3 is 0 Å². The Labute approximate surface area is 138 Å². The molecule has 3 aromatic rings. The van der Waals surface area contributed by atoms with Gasteiger partial charge in [0.2, 0.25) is 0 Å². The molecule has 7 nitrogen and oxygen atoms in total. The third kappa shape index (κ3) is 2.81. The maximum atomic E-state index is 12.1. The van der Waals surface area contributed by atoms with E-state index in [0.29, 0.717) is 18.9 Å². The number of nitrogens with one attached hydrogen (secondary N) is 1. The van der Waals surface area contributed by atoms with Crippen molar-refractivity contribution in [2.24, 2.45) is 0 Å². The minimum atomic E-state index is -0.290. The minimum absolute atomic E-state index is 0.270. The molecule has 4 rings (SSSR count). The van der Waals surface area contributed by atoms with Gasteiger partial charge in [-0.05, 0) is 30.3 Å². The van der Waals surface area contributed by atoms with E-state index in [9.17, 15) is 4.79 Å². The van der Waals surface area contributed by atoms with E-state index >= 15 is 0 Å². The number of ether oxygens (including phenoxy) is 1. The smallest absolute Gasteiger partial charge is 0.291 e. The average molecular weight is 324 g/mol. The molecule has 1 aromatic carbocycles. The molecule has 1 amide bonds. The van der Waals surface area contributed by atoms with Crippen molar-refractivity contribution >= 4 is 28.3 Å². The molecule has 2 aromatic heterocycles. The fraction of sp³-hybridized carbons (Fsp3) is 0.235. The maximum absolute atomic E-state index is 12.1. The number of morpholine rings is 1. The van der Waals surface area contributed by atoms with Crippen LogP contribution in [0.4, 0.5) is 11.5 Å². The van der Waals surface area contributed by atoms with Crippen molar-refractivity contribution in [2.75, 3.05) is 36.5 Å². The lowest BCUT2D eigenvalue weighted by Crippen LogP contribution is -2.36. The van der Waals surface area contributed by atoms with Crippen LogP contribution in [0.5, 0.6) is 0 Å². The molecule has 0 unspecified atom stereocenters. The van der Waals surface area contributed by atoms with Gasteiger partial charge in [-0.3, -0.25) is 4.79 Å². The Morgan fingerprint density at radius 1 is 1.17 bits per heavy atom. The predicted molar refractivity (Wildman–Crippen MR) is 89.2 cm³/mol. The zero-order chi connectivity index (χ0) is 16.4. The number of hydrogen-bond donors (Lipinski definition) is 1. The van der Waals surface area contributed by atoms with E-state index in [1.54, 1.807) is 18.5 Å². The maximum Gasteiger partial charge on any atom is 0.291 e. The van der Waals surface area contributed by atoms with Crippen molar-refractivity contribution in [3.63, 3.8) is 0 Å². The van der Waals surface area contributed by atoms with Gasteiger partial charge in [0.15, 0.2) is 5.76 Å². The lowest BCUT2D eigenvalue weighted by atomic mass is 10.2. The molecule has 0 radical (unpaired) electrons. The Kier molecular flexibility index (Phi) is 3.84. The monoisotopic (exact) mass is 324 g/mol. The summed E-state index contributed by atoms with van der Waals surface area (Å²) in [6.07, 6.45) is 3.02. The van der Waals surface area contributed by atoms with E-state index < -0.39 is 0 Å². The normalized spacial score (nSPS) is 14.8. The van der Waals surface area contributed by atoms with Gasteiger partial charge < -0.3 is 19.4 Å². The van der Waals surface area contributed by atoms with Crippen LogP contribution in [-0.4, -0.2) is 42.2 Å². The van der Waals surface area contributed by atoms with Crippen molar-refractivity contribution in [3.05, 3.63) is 48.7 Å². The number of rotatable bonds is 3. The lowest BCUT2D eigenvalue weighted by Gasteiger charge is -2.28. The van der Waals surface area contributed by atoms with Crippen LogP contribution in [0.3, 0.4) is 0 Å². The highest BCUT2D eigenvalue weighted by molar-refractivity contribution is 6.03. The van der Waals surface area contributed by atoms with Crippen LogP contribution in [0, 0.1) is 0 Å². The van der Waals surface area contributed by atoms with Gasteiger partial charge in [-0.25, -0.2) is 9.97 Å². The number of fused-ring (bicyclic) bond motifs is 1. The van der Waals surface area contributed by atoms with Crippen molar-refractivity contribution in [1.29, 1.82) is 0 Å². The van der Waals surface area contributed by atoms with Crippen LogP contribution in [0.15, 0.2) is 47.3 Å². The summed E-state index contributed by atoms with van der Waals surface area (Å²) in [4.78, 5) is 23.0. The highest BCUT2D eigenvalue weighted by Gasteiger charge is 2.16. The topological polar surface area (TPSA) is 80.5 Å². The van der Waals surface area contributed by atoms with E-state index in [4.69, 9.17) is 9.15 Å². The molecule has 1 saturated heterocycles. The largest absolute Gasteiger partial charge is 0.459 e. The first kappa shape index (κ1) is 14.6. The summed E-state index contributed by atoms with van der Waals surface area (Å²) in [5.41, 5.74) is 1.44. The number of nitrogens with zero attached hydrogens (tertiary/aromatic N) is 3. The average Bonchev–Trinajstić information content (AvgIpc) is 3.16. The molecule has 122 valence electrons. The molecule has 1 N–H and O–H groups in total. The SMILES string of the molecule is O=C(Nc1ccc2c(N3CCOCC3)ncnc2c1)c1ccco1. The number of hydrogen-bond acceptors (Lipinski definition) is 6. The van der Waals surface area contributed by atoms with Crippen molar-refractivity contribution in [1.82, 2.24) is 9.97 Å². The van der Waals surface area contributed by atoms with Crippen molar-refractivity contribution in [3.8, 4) is 0 Å². The fourth-order valence-corrected chi connectivity index (χ4v) is 2.75. The van der Waals surface area contributed by atoms with Gasteiger partial charge in [0.1, 0.15) is 12.1 Å². The van der Waals surface area contributed by atoms with E-state index in [0.717, 1.165) is 29.8 Å². The zero-order valence-electron chi connectivity index (χ0n) is 12.9. The summed E-state index contributed by atoms with van der Waals surface area (Å²) in [6, 6.07) is 8.91. The lowest BCUT2D eigenvalue weighted by molar-refractivity contribution is 0.0996. The number of carbonyl (C=O) groups excluding carboxylic acids is 1. The molecule has 24 heavy (non-hydrogen) atoms.